The predicted octanol–water partition coefficient (Wildman–Crippen LogP) is 0.572. The van der Waals surface area contributed by atoms with E-state index in [1.807, 2.05) is 0 Å². The second-order valence-corrected chi connectivity index (χ2v) is 7.02. The van der Waals surface area contributed by atoms with Crippen LogP contribution in [0.25, 0.3) is 0 Å². The van der Waals surface area contributed by atoms with Crippen molar-refractivity contribution in [2.24, 2.45) is 17.8 Å². The van der Waals surface area contributed by atoms with Crippen LogP contribution in [0.5, 0.6) is 0 Å². The van der Waals surface area contributed by atoms with E-state index in [1.165, 1.54) is 45.6 Å². The zero-order chi connectivity index (χ0) is 11.6. The van der Waals surface area contributed by atoms with E-state index in [2.05, 4.69) is 28.8 Å². The third-order valence-electron chi connectivity index (χ3n) is 5.79. The molecule has 4 fully saturated rings. The molecule has 0 N–H and O–H groups in total. The zero-order valence-electron chi connectivity index (χ0n) is 11.2. The Morgan fingerprint density at radius 3 is 1.94 bits per heavy atom. The van der Waals surface area contributed by atoms with Crippen LogP contribution in [0.2, 0.25) is 0 Å². The lowest BCUT2D eigenvalue weighted by Gasteiger charge is -2.40. The number of fused-ring (bicyclic) bond motifs is 3. The van der Waals surface area contributed by atoms with Gasteiger partial charge in [-0.3, -0.25) is 4.90 Å². The van der Waals surface area contributed by atoms with Crippen LogP contribution in [-0.4, -0.2) is 73.6 Å². The maximum Gasteiger partial charge on any atom is 0.0227 e. The third kappa shape index (κ3) is 1.66. The number of likely N-dealkylation sites (tertiary alicyclic amines) is 2. The molecular weight excluding hydrogens is 210 g/mol. The fraction of sp³-hybridized carbons (Fsp3) is 1.00. The van der Waals surface area contributed by atoms with Crippen molar-refractivity contribution >= 4 is 0 Å². The Bertz CT molecular complexity index is 293. The molecule has 0 amide bonds. The fourth-order valence-corrected chi connectivity index (χ4v) is 4.87. The Hall–Kier alpha value is -0.120. The van der Waals surface area contributed by atoms with Crippen LogP contribution in [0.3, 0.4) is 0 Å². The summed E-state index contributed by atoms with van der Waals surface area (Å²) in [5.74, 6) is 3.16. The van der Waals surface area contributed by atoms with E-state index in [-0.39, 0.29) is 0 Å². The molecule has 96 valence electrons. The minimum Gasteiger partial charge on any atom is -0.306 e. The van der Waals surface area contributed by atoms with Crippen LogP contribution in [0.1, 0.15) is 12.8 Å². The molecule has 4 aliphatic rings. The summed E-state index contributed by atoms with van der Waals surface area (Å²) in [4.78, 5) is 7.94. The molecule has 4 rings (SSSR count). The zero-order valence-corrected chi connectivity index (χ0v) is 11.2. The van der Waals surface area contributed by atoms with Gasteiger partial charge in [0.15, 0.2) is 0 Å². The molecule has 0 aromatic carbocycles. The van der Waals surface area contributed by atoms with Crippen molar-refractivity contribution in [3.8, 4) is 0 Å². The van der Waals surface area contributed by atoms with Crippen LogP contribution < -0.4 is 0 Å². The largest absolute Gasteiger partial charge is 0.306 e. The van der Waals surface area contributed by atoms with Gasteiger partial charge in [-0.05, 0) is 44.7 Å². The quantitative estimate of drug-likeness (QED) is 0.693. The van der Waals surface area contributed by atoms with Crippen LogP contribution in [0.4, 0.5) is 0 Å². The first kappa shape index (κ1) is 10.8. The van der Waals surface area contributed by atoms with E-state index in [1.54, 1.807) is 0 Å². The van der Waals surface area contributed by atoms with Crippen molar-refractivity contribution in [1.82, 2.24) is 14.7 Å². The molecule has 0 spiro atoms. The summed E-state index contributed by atoms with van der Waals surface area (Å²) in [6.45, 7) is 6.81. The van der Waals surface area contributed by atoms with E-state index >= 15 is 0 Å². The molecule has 3 nitrogen and oxygen atoms in total. The molecule has 2 bridgehead atoms. The van der Waals surface area contributed by atoms with E-state index in [4.69, 9.17) is 0 Å². The molecule has 3 aliphatic heterocycles. The Morgan fingerprint density at radius 1 is 0.824 bits per heavy atom. The normalized spacial score (nSPS) is 50.8. The molecule has 3 heteroatoms. The van der Waals surface area contributed by atoms with E-state index < -0.39 is 0 Å². The number of piperidine rings is 1. The molecular formula is C14H25N3. The van der Waals surface area contributed by atoms with Crippen LogP contribution in [0.15, 0.2) is 0 Å². The summed E-state index contributed by atoms with van der Waals surface area (Å²) in [5.41, 5.74) is 0. The number of nitrogens with zero attached hydrogens (tertiary/aromatic N) is 3. The van der Waals surface area contributed by atoms with Gasteiger partial charge in [0, 0.05) is 44.8 Å². The number of rotatable bonds is 2. The second-order valence-electron chi connectivity index (χ2n) is 7.02. The van der Waals surface area contributed by atoms with Crippen molar-refractivity contribution < 1.29 is 0 Å². The fourth-order valence-electron chi connectivity index (χ4n) is 4.87. The molecule has 1 saturated carbocycles. The number of piperazine rings is 1. The van der Waals surface area contributed by atoms with Crippen molar-refractivity contribution in [2.75, 3.05) is 46.8 Å². The van der Waals surface area contributed by atoms with E-state index in [0.717, 1.165) is 29.8 Å². The summed E-state index contributed by atoms with van der Waals surface area (Å²) in [6, 6.07) is 1.77. The number of hydrogen-bond acceptors (Lipinski definition) is 3. The van der Waals surface area contributed by atoms with E-state index in [0.29, 0.717) is 0 Å². The van der Waals surface area contributed by atoms with Crippen LogP contribution in [-0.2, 0) is 0 Å². The van der Waals surface area contributed by atoms with Crippen molar-refractivity contribution in [1.29, 1.82) is 0 Å². The van der Waals surface area contributed by atoms with Gasteiger partial charge in [0.05, 0.1) is 0 Å². The van der Waals surface area contributed by atoms with Crippen molar-refractivity contribution in [2.45, 2.75) is 24.9 Å². The highest BCUT2D eigenvalue weighted by molar-refractivity contribution is 5.07. The molecule has 0 aromatic heterocycles. The van der Waals surface area contributed by atoms with Gasteiger partial charge in [-0.25, -0.2) is 0 Å². The topological polar surface area (TPSA) is 9.72 Å². The molecule has 5 atom stereocenters. The Labute approximate surface area is 105 Å². The first-order valence-corrected chi connectivity index (χ1v) is 7.35. The molecule has 0 radical (unpaired) electrons. The molecule has 1 aliphatic carbocycles. The van der Waals surface area contributed by atoms with Crippen molar-refractivity contribution in [3.63, 3.8) is 0 Å². The summed E-state index contributed by atoms with van der Waals surface area (Å²) in [6.07, 6.45) is 2.91. The standard InChI is InChI=1S/C14H25N3/c1-15-5-10-3-4-11(6-15)17(10)9-14-12-7-16(2)8-13(12)14/h10-14H,3-9H2,1-2H3/t10?,11?,12-,13?,14?/m0/s1. The average molecular weight is 235 g/mol. The first-order chi connectivity index (χ1) is 8.22. The Kier molecular flexibility index (Phi) is 2.34. The second kappa shape index (κ2) is 3.69. The first-order valence-electron chi connectivity index (χ1n) is 7.35. The Morgan fingerprint density at radius 2 is 1.35 bits per heavy atom. The van der Waals surface area contributed by atoms with Crippen LogP contribution in [0, 0.1) is 17.8 Å². The molecule has 17 heavy (non-hydrogen) atoms. The minimum absolute atomic E-state index is 0.887. The monoisotopic (exact) mass is 235 g/mol. The summed E-state index contributed by atoms with van der Waals surface area (Å²) >= 11 is 0. The van der Waals surface area contributed by atoms with Gasteiger partial charge in [-0.15, -0.1) is 0 Å². The highest BCUT2D eigenvalue weighted by Gasteiger charge is 2.56. The van der Waals surface area contributed by atoms with Gasteiger partial charge in [0.25, 0.3) is 0 Å². The highest BCUT2D eigenvalue weighted by Crippen LogP contribution is 2.52. The highest BCUT2D eigenvalue weighted by atomic mass is 15.3. The van der Waals surface area contributed by atoms with Gasteiger partial charge in [0.2, 0.25) is 0 Å². The minimum atomic E-state index is 0.887. The SMILES string of the molecule is CN1CC2CCC(C1)N2CC1C2CN(C)C[C@@H]21. The Balaban J connectivity index is 1.39. The summed E-state index contributed by atoms with van der Waals surface area (Å²) in [5, 5.41) is 0. The smallest absolute Gasteiger partial charge is 0.0227 e. The lowest BCUT2D eigenvalue weighted by Crippen LogP contribution is -2.53. The molecule has 0 aromatic rings. The third-order valence-corrected chi connectivity index (χ3v) is 5.79. The van der Waals surface area contributed by atoms with Gasteiger partial charge >= 0.3 is 0 Å². The summed E-state index contributed by atoms with van der Waals surface area (Å²) in [7, 11) is 4.58. The van der Waals surface area contributed by atoms with E-state index in [9.17, 15) is 0 Å². The van der Waals surface area contributed by atoms with Crippen LogP contribution >= 0.6 is 0 Å². The van der Waals surface area contributed by atoms with Crippen molar-refractivity contribution in [3.05, 3.63) is 0 Å². The molecule has 4 unspecified atom stereocenters. The number of likely N-dealkylation sites (N-methyl/N-ethyl adjacent to an activating group) is 1. The molecule has 3 heterocycles. The van der Waals surface area contributed by atoms with Gasteiger partial charge < -0.3 is 9.80 Å². The van der Waals surface area contributed by atoms with Gasteiger partial charge in [-0.2, -0.15) is 0 Å². The lowest BCUT2D eigenvalue weighted by molar-refractivity contribution is 0.0735. The van der Waals surface area contributed by atoms with Gasteiger partial charge in [-0.1, -0.05) is 0 Å². The van der Waals surface area contributed by atoms with Gasteiger partial charge in [0.1, 0.15) is 0 Å². The number of hydrogen-bond donors (Lipinski definition) is 0. The maximum atomic E-state index is 2.88. The average Bonchev–Trinajstić information content (AvgIpc) is 2.61. The summed E-state index contributed by atoms with van der Waals surface area (Å²) < 4.78 is 0. The lowest BCUT2D eigenvalue weighted by atomic mass is 10.1. The maximum absolute atomic E-state index is 2.88. The predicted molar refractivity (Wildman–Crippen MR) is 69.0 cm³/mol. The molecule has 3 saturated heterocycles.